The molecule has 0 spiro atoms. The van der Waals surface area contributed by atoms with Gasteiger partial charge in [-0.25, -0.2) is 10.0 Å². The van der Waals surface area contributed by atoms with Crippen LogP contribution in [0.15, 0.2) is 34.8 Å². The first-order valence-electron chi connectivity index (χ1n) is 9.87. The molecule has 0 aliphatic carbocycles. The van der Waals surface area contributed by atoms with Crippen LogP contribution in [0.2, 0.25) is 0 Å². The molecule has 14 nitrogen and oxygen atoms in total. The van der Waals surface area contributed by atoms with Gasteiger partial charge in [0.05, 0.1) is 5.54 Å². The molecule has 0 radical (unpaired) electrons. The van der Waals surface area contributed by atoms with E-state index in [2.05, 4.69) is 15.5 Å². The first kappa shape index (κ1) is 26.0. The topological polar surface area (TPSA) is 223 Å². The Labute approximate surface area is 204 Å². The average Bonchev–Trinajstić information content (AvgIpc) is 3.20. The number of thiazole rings is 1. The highest BCUT2D eigenvalue weighted by Gasteiger charge is 2.57. The van der Waals surface area contributed by atoms with Gasteiger partial charge in [0, 0.05) is 10.9 Å². The van der Waals surface area contributed by atoms with E-state index in [0.29, 0.717) is 11.1 Å². The lowest BCUT2D eigenvalue weighted by atomic mass is 9.84. The summed E-state index contributed by atoms with van der Waals surface area (Å²) in [5, 5.41) is 16.3. The molecule has 2 amide bonds. The molecule has 1 aromatic heterocycles. The molecule has 2 aromatic rings. The first-order chi connectivity index (χ1) is 16.3. The Hall–Kier alpha value is -3.60. The van der Waals surface area contributed by atoms with Crippen molar-refractivity contribution in [2.75, 3.05) is 11.7 Å². The zero-order valence-corrected chi connectivity index (χ0v) is 20.2. The number of hydrogen-bond acceptors (Lipinski definition) is 11. The summed E-state index contributed by atoms with van der Waals surface area (Å²) in [4.78, 5) is 39.7. The molecule has 1 aromatic carbocycles. The number of nitrogens with one attached hydrogen (secondary N) is 2. The first-order valence-corrected chi connectivity index (χ1v) is 12.4. The van der Waals surface area contributed by atoms with Gasteiger partial charge < -0.3 is 21.6 Å². The molecule has 1 fully saturated rings. The number of anilines is 1. The Morgan fingerprint density at radius 1 is 1.37 bits per heavy atom. The quantitative estimate of drug-likeness (QED) is 0.0903. The van der Waals surface area contributed by atoms with Crippen molar-refractivity contribution in [3.05, 3.63) is 46.5 Å². The summed E-state index contributed by atoms with van der Waals surface area (Å²) in [5.41, 5.74) is 11.1. The van der Waals surface area contributed by atoms with Crippen LogP contribution in [-0.4, -0.2) is 63.9 Å². The number of rotatable bonds is 10. The second-order valence-corrected chi connectivity index (χ2v) is 10.2. The molecule has 1 aliphatic heterocycles. The lowest BCUT2D eigenvalue weighted by Crippen LogP contribution is -2.76. The fourth-order valence-corrected chi connectivity index (χ4v) is 3.88. The van der Waals surface area contributed by atoms with Gasteiger partial charge in [0.25, 0.3) is 21.9 Å². The average molecular weight is 526 g/mol. The predicted molar refractivity (Wildman–Crippen MR) is 126 cm³/mol. The SMILES string of the molecule is CC1(C)[C@H](NC(=O)/C(=N\OCc2ccc(C(=N)N)cc2)c2csc(N)n2)C(=O)N1OCS(=O)(=O)O. The zero-order valence-electron chi connectivity index (χ0n) is 18.6. The molecule has 35 heavy (non-hydrogen) atoms. The summed E-state index contributed by atoms with van der Waals surface area (Å²) in [6.07, 6.45) is 0. The smallest absolute Gasteiger partial charge is 0.292 e. The van der Waals surface area contributed by atoms with E-state index < -0.39 is 39.5 Å². The van der Waals surface area contributed by atoms with E-state index in [1.54, 1.807) is 24.3 Å². The van der Waals surface area contributed by atoms with Gasteiger partial charge in [-0.05, 0) is 19.4 Å². The van der Waals surface area contributed by atoms with Crippen molar-refractivity contribution in [3.8, 4) is 0 Å². The van der Waals surface area contributed by atoms with Gasteiger partial charge in [0.1, 0.15) is 24.2 Å². The highest BCUT2D eigenvalue weighted by Crippen LogP contribution is 2.32. The monoisotopic (exact) mass is 525 g/mol. The fourth-order valence-electron chi connectivity index (χ4n) is 3.09. The van der Waals surface area contributed by atoms with Crippen LogP contribution < -0.4 is 16.8 Å². The Morgan fingerprint density at radius 3 is 2.54 bits per heavy atom. The number of carbonyl (C=O) groups is 2. The molecule has 3 rings (SSSR count). The van der Waals surface area contributed by atoms with E-state index in [0.717, 1.165) is 16.4 Å². The summed E-state index contributed by atoms with van der Waals surface area (Å²) < 4.78 is 30.7. The summed E-state index contributed by atoms with van der Waals surface area (Å²) in [7, 11) is -4.47. The van der Waals surface area contributed by atoms with Gasteiger partial charge in [-0.15, -0.1) is 11.3 Å². The van der Waals surface area contributed by atoms with Crippen molar-refractivity contribution in [1.29, 1.82) is 5.41 Å². The largest absolute Gasteiger partial charge is 0.390 e. The zero-order chi connectivity index (χ0) is 26.0. The minimum Gasteiger partial charge on any atom is -0.390 e. The van der Waals surface area contributed by atoms with Crippen molar-refractivity contribution in [2.24, 2.45) is 10.9 Å². The number of nitrogens with zero attached hydrogens (tertiary/aromatic N) is 3. The molecule has 7 N–H and O–H groups in total. The van der Waals surface area contributed by atoms with Gasteiger partial charge >= 0.3 is 0 Å². The third-order valence-corrected chi connectivity index (χ3v) is 5.99. The number of hydroxylamine groups is 2. The molecule has 0 unspecified atom stereocenters. The molecule has 1 aliphatic rings. The van der Waals surface area contributed by atoms with E-state index in [9.17, 15) is 18.0 Å². The highest BCUT2D eigenvalue weighted by molar-refractivity contribution is 7.85. The Morgan fingerprint density at radius 2 is 2.03 bits per heavy atom. The number of aromatic nitrogens is 1. The summed E-state index contributed by atoms with van der Waals surface area (Å²) >= 11 is 1.08. The van der Waals surface area contributed by atoms with Crippen molar-refractivity contribution < 1.29 is 32.2 Å². The fraction of sp³-hybridized carbons (Fsp3) is 0.316. The standard InChI is InChI=1S/C19H23N7O7S2/c1-19(2)14(17(28)26(19)33-9-35(29,30)31)24-16(27)13(12-8-34-18(22)23-12)25-32-7-10-3-5-11(6-4-10)15(20)21/h3-6,8,14H,7,9H2,1-2H3,(H3,20,21)(H2,22,23)(H,24,27)(H,29,30,31)/b25-13-/t14-/m1/s1. The number of nitrogens with two attached hydrogens (primary N) is 2. The van der Waals surface area contributed by atoms with E-state index >= 15 is 0 Å². The van der Waals surface area contributed by atoms with Gasteiger partial charge in [0.15, 0.2) is 10.8 Å². The van der Waals surface area contributed by atoms with Crippen molar-refractivity contribution in [1.82, 2.24) is 15.4 Å². The molecule has 1 saturated heterocycles. The molecule has 0 bridgehead atoms. The predicted octanol–water partition coefficient (Wildman–Crippen LogP) is -0.187. The van der Waals surface area contributed by atoms with Crippen molar-refractivity contribution >= 4 is 49.9 Å². The number of hydrogen-bond donors (Lipinski definition) is 5. The van der Waals surface area contributed by atoms with E-state index in [1.807, 2.05) is 0 Å². The lowest BCUT2D eigenvalue weighted by Gasteiger charge is -2.51. The van der Waals surface area contributed by atoms with Crippen LogP contribution in [0.3, 0.4) is 0 Å². The van der Waals surface area contributed by atoms with Crippen LogP contribution in [0.25, 0.3) is 0 Å². The summed E-state index contributed by atoms with van der Waals surface area (Å²) in [5.74, 6) is -2.71. The number of amides is 2. The normalized spacial score (nSPS) is 17.6. The third-order valence-electron chi connectivity index (χ3n) is 4.91. The van der Waals surface area contributed by atoms with Crippen LogP contribution >= 0.6 is 11.3 Å². The van der Waals surface area contributed by atoms with Crippen LogP contribution in [0.1, 0.15) is 30.7 Å². The number of oxime groups is 1. The summed E-state index contributed by atoms with van der Waals surface area (Å²) in [6.45, 7) is 3.05. The Kier molecular flexibility index (Phi) is 7.39. The van der Waals surface area contributed by atoms with E-state index in [4.69, 9.17) is 31.1 Å². The van der Waals surface area contributed by atoms with Gasteiger partial charge in [-0.1, -0.05) is 29.4 Å². The maximum atomic E-state index is 13.0. The third kappa shape index (κ3) is 6.10. The number of carbonyl (C=O) groups excluding carboxylic acids is 2. The van der Waals surface area contributed by atoms with Crippen LogP contribution in [-0.2, 0) is 36.0 Å². The lowest BCUT2D eigenvalue weighted by molar-refractivity contribution is -0.249. The summed E-state index contributed by atoms with van der Waals surface area (Å²) in [6, 6.07) is 5.56. The highest BCUT2D eigenvalue weighted by atomic mass is 32.2. The maximum Gasteiger partial charge on any atom is 0.292 e. The number of benzene rings is 1. The number of β-lactam (4-membered cyclic amide) rings is 1. The van der Waals surface area contributed by atoms with E-state index in [-0.39, 0.29) is 29.0 Å². The van der Waals surface area contributed by atoms with Crippen molar-refractivity contribution in [3.63, 3.8) is 0 Å². The van der Waals surface area contributed by atoms with E-state index in [1.165, 1.54) is 19.2 Å². The maximum absolute atomic E-state index is 13.0. The van der Waals surface area contributed by atoms with Gasteiger partial charge in [-0.2, -0.15) is 8.42 Å². The van der Waals surface area contributed by atoms with Gasteiger partial charge in [0.2, 0.25) is 5.94 Å². The molecule has 1 atom stereocenters. The molecular formula is C19H23N7O7S2. The van der Waals surface area contributed by atoms with Crippen molar-refractivity contribution in [2.45, 2.75) is 32.0 Å². The molecule has 16 heteroatoms. The molecule has 188 valence electrons. The Balaban J connectivity index is 1.72. The van der Waals surface area contributed by atoms with Crippen LogP contribution in [0.5, 0.6) is 0 Å². The van der Waals surface area contributed by atoms with Crippen LogP contribution in [0, 0.1) is 5.41 Å². The Bertz CT molecular complexity index is 1270. The number of amidine groups is 1. The van der Waals surface area contributed by atoms with Crippen LogP contribution in [0.4, 0.5) is 5.13 Å². The second-order valence-electron chi connectivity index (χ2n) is 7.92. The van der Waals surface area contributed by atoms with Gasteiger partial charge in [-0.3, -0.25) is 24.4 Å². The minimum atomic E-state index is -4.47. The molecule has 2 heterocycles. The molecular weight excluding hydrogens is 502 g/mol. The number of nitrogen functional groups attached to an aromatic ring is 2. The molecule has 0 saturated carbocycles. The second kappa shape index (κ2) is 9.95. The minimum absolute atomic E-state index is 0.0142.